The van der Waals surface area contributed by atoms with Crippen molar-refractivity contribution in [2.24, 2.45) is 5.73 Å². The van der Waals surface area contributed by atoms with Gasteiger partial charge in [0.25, 0.3) is 0 Å². The van der Waals surface area contributed by atoms with Crippen molar-refractivity contribution in [2.75, 3.05) is 0 Å². The first kappa shape index (κ1) is 16.7. The number of carbonyl (C=O) groups excluding carboxylic acids is 1. The maximum absolute atomic E-state index is 9.97. The lowest BCUT2D eigenvalue weighted by molar-refractivity contribution is 0.112. The third-order valence-electron chi connectivity index (χ3n) is 0.738. The van der Waals surface area contributed by atoms with Crippen LogP contribution in [0, 0.1) is 6.92 Å². The summed E-state index contributed by atoms with van der Waals surface area (Å²) in [5.74, 6) is 0. The van der Waals surface area contributed by atoms with Crippen molar-refractivity contribution in [3.63, 3.8) is 0 Å². The topological polar surface area (TPSA) is 56.0 Å². The molecule has 88 valence electrons. The highest BCUT2D eigenvalue weighted by molar-refractivity contribution is 7.11. The van der Waals surface area contributed by atoms with Crippen LogP contribution in [0.5, 0.6) is 0 Å². The molecule has 0 saturated heterocycles. The Bertz CT molecular complexity index is 258. The normalized spacial score (nSPS) is 9.27. The third kappa shape index (κ3) is 16.0. The summed E-state index contributed by atoms with van der Waals surface area (Å²) in [6.07, 6.45) is 0.762. The highest BCUT2D eigenvalue weighted by Gasteiger charge is 1.95. The summed E-state index contributed by atoms with van der Waals surface area (Å²) in [5, 5.41) is 2.41. The van der Waals surface area contributed by atoms with E-state index in [4.69, 9.17) is 5.73 Å². The molecule has 1 aromatic heterocycles. The van der Waals surface area contributed by atoms with Gasteiger partial charge < -0.3 is 5.73 Å². The van der Waals surface area contributed by atoms with Crippen LogP contribution >= 0.6 is 11.3 Å². The molecule has 0 amide bonds. The lowest BCUT2D eigenvalue weighted by atomic mass is 10.1. The number of carbonyl (C=O) groups is 1. The van der Waals surface area contributed by atoms with E-state index < -0.39 is 0 Å². The van der Waals surface area contributed by atoms with E-state index in [9.17, 15) is 4.79 Å². The second-order valence-corrected chi connectivity index (χ2v) is 4.70. The molecule has 1 rings (SSSR count). The fraction of sp³-hybridized carbons (Fsp3) is 0.636. The van der Waals surface area contributed by atoms with Crippen LogP contribution in [-0.2, 0) is 0 Å². The van der Waals surface area contributed by atoms with Crippen LogP contribution in [0.1, 0.15) is 50.1 Å². The first-order valence-corrected chi connectivity index (χ1v) is 5.87. The zero-order valence-electron chi connectivity index (χ0n) is 10.5. The minimum atomic E-state index is 0. The molecule has 0 unspecified atom stereocenters. The van der Waals surface area contributed by atoms with Gasteiger partial charge in [0.2, 0.25) is 0 Å². The zero-order chi connectivity index (χ0) is 12.5. The van der Waals surface area contributed by atoms with E-state index in [1.54, 1.807) is 0 Å². The molecule has 0 aromatic carbocycles. The molecule has 4 heteroatoms. The summed E-state index contributed by atoms with van der Waals surface area (Å²) in [6.45, 7) is 11.8. The first-order valence-electron chi connectivity index (χ1n) is 4.99. The van der Waals surface area contributed by atoms with Crippen LogP contribution in [0.2, 0.25) is 0 Å². The number of nitrogens with two attached hydrogens (primary N) is 1. The molecule has 0 fully saturated rings. The third-order valence-corrected chi connectivity index (χ3v) is 1.63. The van der Waals surface area contributed by atoms with Gasteiger partial charge in [-0.05, 0) is 27.7 Å². The average Bonchev–Trinajstić information content (AvgIpc) is 2.52. The van der Waals surface area contributed by atoms with Gasteiger partial charge in [0.1, 0.15) is 0 Å². The number of rotatable bonds is 1. The summed E-state index contributed by atoms with van der Waals surface area (Å²) in [5.41, 5.74) is 6.27. The molecule has 1 heterocycles. The molecular formula is C11H22N2OS. The van der Waals surface area contributed by atoms with Crippen molar-refractivity contribution in [3.8, 4) is 0 Å². The van der Waals surface area contributed by atoms with Crippen molar-refractivity contribution in [3.05, 3.63) is 16.1 Å². The molecule has 0 aliphatic carbocycles. The summed E-state index contributed by atoms with van der Waals surface area (Å²) >= 11 is 1.37. The number of aldehydes is 1. The molecule has 0 spiro atoms. The van der Waals surface area contributed by atoms with Crippen molar-refractivity contribution in [1.82, 2.24) is 4.98 Å². The maximum Gasteiger partial charge on any atom is 0.178 e. The molecule has 2 N–H and O–H groups in total. The van der Waals surface area contributed by atoms with E-state index in [2.05, 4.69) is 4.98 Å². The molecule has 0 aliphatic rings. The Labute approximate surface area is 96.7 Å². The van der Waals surface area contributed by atoms with Gasteiger partial charge in [0, 0.05) is 16.6 Å². The highest BCUT2D eigenvalue weighted by atomic mass is 32.1. The molecule has 0 saturated carbocycles. The number of aryl methyl sites for hydroxylation is 1. The van der Waals surface area contributed by atoms with Crippen molar-refractivity contribution in [1.29, 1.82) is 0 Å². The molecule has 0 atom stereocenters. The monoisotopic (exact) mass is 230 g/mol. The molecule has 15 heavy (non-hydrogen) atoms. The quantitative estimate of drug-likeness (QED) is 0.754. The minimum absolute atomic E-state index is 0. The molecule has 1 aromatic rings. The van der Waals surface area contributed by atoms with Crippen LogP contribution in [-0.4, -0.2) is 16.8 Å². The van der Waals surface area contributed by atoms with Crippen molar-refractivity contribution in [2.45, 2.75) is 47.1 Å². The van der Waals surface area contributed by atoms with Gasteiger partial charge in [-0.3, -0.25) is 4.79 Å². The second kappa shape index (κ2) is 8.56. The van der Waals surface area contributed by atoms with Crippen molar-refractivity contribution < 1.29 is 4.79 Å². The Morgan fingerprint density at radius 1 is 1.40 bits per heavy atom. The summed E-state index contributed by atoms with van der Waals surface area (Å²) in [4.78, 5) is 13.8. The summed E-state index contributed by atoms with van der Waals surface area (Å²) in [6, 6.07) is 0. The second-order valence-electron chi connectivity index (χ2n) is 3.81. The largest absolute Gasteiger partial charge is 0.326 e. The van der Waals surface area contributed by atoms with Crippen LogP contribution < -0.4 is 5.73 Å². The van der Waals surface area contributed by atoms with Gasteiger partial charge in [-0.1, -0.05) is 13.8 Å². The molecule has 0 radical (unpaired) electrons. The molecular weight excluding hydrogens is 208 g/mol. The zero-order valence-corrected chi connectivity index (χ0v) is 11.3. The first-order chi connectivity index (χ1) is 6.83. The number of hydrogen-bond acceptors (Lipinski definition) is 4. The van der Waals surface area contributed by atoms with E-state index in [1.807, 2.05) is 46.9 Å². The van der Waals surface area contributed by atoms with E-state index in [0.717, 1.165) is 12.0 Å². The maximum atomic E-state index is 9.97. The SMILES string of the molecule is CC.CC(C)(C)N.Cc1csc(C=O)n1. The van der Waals surface area contributed by atoms with Crippen LogP contribution in [0.3, 0.4) is 0 Å². The predicted molar refractivity (Wildman–Crippen MR) is 67.5 cm³/mol. The van der Waals surface area contributed by atoms with Gasteiger partial charge >= 0.3 is 0 Å². The fourth-order valence-corrected chi connectivity index (χ4v) is 1.02. The van der Waals surface area contributed by atoms with Crippen LogP contribution in [0.15, 0.2) is 5.38 Å². The van der Waals surface area contributed by atoms with Gasteiger partial charge in [-0.2, -0.15) is 0 Å². The average molecular weight is 230 g/mol. The predicted octanol–water partition coefficient (Wildman–Crippen LogP) is 3.03. The van der Waals surface area contributed by atoms with E-state index in [1.165, 1.54) is 11.3 Å². The Balaban J connectivity index is 0. The van der Waals surface area contributed by atoms with Gasteiger partial charge in [-0.25, -0.2) is 4.98 Å². The van der Waals surface area contributed by atoms with E-state index in [-0.39, 0.29) is 5.54 Å². The number of thiazole rings is 1. The standard InChI is InChI=1S/C5H5NOS.C4H11N.C2H6/c1-4-3-8-5(2-7)6-4;1-4(2,3)5;1-2/h2-3H,1H3;5H2,1-3H3;1-2H3. The Hall–Kier alpha value is -0.740. The van der Waals surface area contributed by atoms with Crippen LogP contribution in [0.25, 0.3) is 0 Å². The Morgan fingerprint density at radius 3 is 1.93 bits per heavy atom. The number of nitrogens with zero attached hydrogens (tertiary/aromatic N) is 1. The van der Waals surface area contributed by atoms with E-state index in [0.29, 0.717) is 5.01 Å². The van der Waals surface area contributed by atoms with E-state index >= 15 is 0 Å². The highest BCUT2D eigenvalue weighted by Crippen LogP contribution is 2.04. The van der Waals surface area contributed by atoms with Gasteiger partial charge in [0.15, 0.2) is 11.3 Å². The van der Waals surface area contributed by atoms with Crippen LogP contribution in [0.4, 0.5) is 0 Å². The molecule has 0 aliphatic heterocycles. The summed E-state index contributed by atoms with van der Waals surface area (Å²) < 4.78 is 0. The number of hydrogen-bond donors (Lipinski definition) is 1. The van der Waals surface area contributed by atoms with Crippen molar-refractivity contribution >= 4 is 17.6 Å². The minimum Gasteiger partial charge on any atom is -0.326 e. The lowest BCUT2D eigenvalue weighted by Crippen LogP contribution is -2.26. The fourth-order valence-electron chi connectivity index (χ4n) is 0.426. The lowest BCUT2D eigenvalue weighted by Gasteiger charge is -2.06. The van der Waals surface area contributed by atoms with Gasteiger partial charge in [-0.15, -0.1) is 11.3 Å². The molecule has 3 nitrogen and oxygen atoms in total. The Kier molecular flexibility index (Phi) is 9.52. The molecule has 0 bridgehead atoms. The Morgan fingerprint density at radius 2 is 1.80 bits per heavy atom. The van der Waals surface area contributed by atoms with Gasteiger partial charge in [0.05, 0.1) is 0 Å². The number of aromatic nitrogens is 1. The smallest absolute Gasteiger partial charge is 0.178 e. The summed E-state index contributed by atoms with van der Waals surface area (Å²) in [7, 11) is 0.